The second-order valence-corrected chi connectivity index (χ2v) is 5.12. The third kappa shape index (κ3) is 3.72. The van der Waals surface area contributed by atoms with Crippen LogP contribution in [0.2, 0.25) is 0 Å². The SMILES string of the molecule is COCC(CCCN)N1C(C)CCCC1C. The Kier molecular flexibility index (Phi) is 6.32. The molecule has 0 bridgehead atoms. The molecular formula is C13H28N2O. The summed E-state index contributed by atoms with van der Waals surface area (Å²) in [6, 6.07) is 1.95. The summed E-state index contributed by atoms with van der Waals surface area (Å²) in [6.07, 6.45) is 6.29. The molecule has 0 aromatic carbocycles. The lowest BCUT2D eigenvalue weighted by atomic mass is 9.94. The van der Waals surface area contributed by atoms with E-state index >= 15 is 0 Å². The van der Waals surface area contributed by atoms with Gasteiger partial charge in [0.2, 0.25) is 0 Å². The molecule has 3 atom stereocenters. The molecule has 0 saturated carbocycles. The number of methoxy groups -OCH3 is 1. The average molecular weight is 228 g/mol. The molecule has 1 aliphatic rings. The maximum absolute atomic E-state index is 5.61. The van der Waals surface area contributed by atoms with Crippen molar-refractivity contribution in [2.75, 3.05) is 20.3 Å². The Balaban J connectivity index is 2.58. The predicted molar refractivity (Wildman–Crippen MR) is 68.6 cm³/mol. The van der Waals surface area contributed by atoms with Crippen molar-refractivity contribution in [3.8, 4) is 0 Å². The zero-order chi connectivity index (χ0) is 12.0. The van der Waals surface area contributed by atoms with Crippen LogP contribution in [0.3, 0.4) is 0 Å². The average Bonchev–Trinajstić information content (AvgIpc) is 2.25. The third-order valence-electron chi connectivity index (χ3n) is 3.78. The van der Waals surface area contributed by atoms with Crippen molar-refractivity contribution < 1.29 is 4.74 Å². The Morgan fingerprint density at radius 3 is 2.44 bits per heavy atom. The first-order valence-corrected chi connectivity index (χ1v) is 6.67. The lowest BCUT2D eigenvalue weighted by Gasteiger charge is -2.44. The van der Waals surface area contributed by atoms with Gasteiger partial charge >= 0.3 is 0 Å². The molecule has 0 radical (unpaired) electrons. The molecule has 16 heavy (non-hydrogen) atoms. The number of hydrogen-bond donors (Lipinski definition) is 1. The second-order valence-electron chi connectivity index (χ2n) is 5.12. The summed E-state index contributed by atoms with van der Waals surface area (Å²) in [5.74, 6) is 0. The zero-order valence-electron chi connectivity index (χ0n) is 11.1. The van der Waals surface area contributed by atoms with Crippen LogP contribution in [-0.2, 0) is 4.74 Å². The van der Waals surface area contributed by atoms with E-state index in [9.17, 15) is 0 Å². The van der Waals surface area contributed by atoms with Gasteiger partial charge in [-0.15, -0.1) is 0 Å². The molecule has 0 aromatic heterocycles. The van der Waals surface area contributed by atoms with Crippen molar-refractivity contribution in [1.29, 1.82) is 0 Å². The summed E-state index contributed by atoms with van der Waals surface area (Å²) in [5, 5.41) is 0. The summed E-state index contributed by atoms with van der Waals surface area (Å²) >= 11 is 0. The topological polar surface area (TPSA) is 38.5 Å². The number of ether oxygens (including phenoxy) is 1. The number of piperidine rings is 1. The van der Waals surface area contributed by atoms with Gasteiger partial charge in [-0.1, -0.05) is 6.42 Å². The molecule has 0 amide bonds. The molecule has 3 heteroatoms. The van der Waals surface area contributed by atoms with Crippen LogP contribution in [0.1, 0.15) is 46.0 Å². The second kappa shape index (κ2) is 7.25. The number of nitrogens with zero attached hydrogens (tertiary/aromatic N) is 1. The van der Waals surface area contributed by atoms with Crippen LogP contribution in [-0.4, -0.2) is 43.3 Å². The van der Waals surface area contributed by atoms with Crippen molar-refractivity contribution in [1.82, 2.24) is 4.90 Å². The Labute approximate surface area is 100 Å². The van der Waals surface area contributed by atoms with E-state index in [1.54, 1.807) is 7.11 Å². The quantitative estimate of drug-likeness (QED) is 0.756. The number of hydrogen-bond acceptors (Lipinski definition) is 3. The van der Waals surface area contributed by atoms with Crippen molar-refractivity contribution in [3.05, 3.63) is 0 Å². The lowest BCUT2D eigenvalue weighted by Crippen LogP contribution is -2.51. The summed E-state index contributed by atoms with van der Waals surface area (Å²) in [6.45, 7) is 6.33. The molecule has 1 heterocycles. The first-order chi connectivity index (χ1) is 7.70. The molecule has 0 aliphatic carbocycles. The van der Waals surface area contributed by atoms with Crippen LogP contribution >= 0.6 is 0 Å². The van der Waals surface area contributed by atoms with E-state index in [2.05, 4.69) is 18.7 Å². The Hall–Kier alpha value is -0.120. The molecule has 0 spiro atoms. The summed E-state index contributed by atoms with van der Waals surface area (Å²) in [4.78, 5) is 2.66. The third-order valence-corrected chi connectivity index (χ3v) is 3.78. The highest BCUT2D eigenvalue weighted by Crippen LogP contribution is 2.26. The van der Waals surface area contributed by atoms with E-state index in [4.69, 9.17) is 10.5 Å². The Morgan fingerprint density at radius 1 is 1.31 bits per heavy atom. The molecule has 2 N–H and O–H groups in total. The highest BCUT2D eigenvalue weighted by atomic mass is 16.5. The van der Waals surface area contributed by atoms with Gasteiger partial charge in [0.25, 0.3) is 0 Å². The van der Waals surface area contributed by atoms with E-state index < -0.39 is 0 Å². The normalized spacial score (nSPS) is 29.2. The summed E-state index contributed by atoms with van der Waals surface area (Å²) < 4.78 is 5.37. The molecule has 3 nitrogen and oxygen atoms in total. The molecule has 1 fully saturated rings. The molecule has 96 valence electrons. The fourth-order valence-corrected chi connectivity index (χ4v) is 3.03. The van der Waals surface area contributed by atoms with Crippen LogP contribution < -0.4 is 5.73 Å². The minimum Gasteiger partial charge on any atom is -0.383 e. The van der Waals surface area contributed by atoms with Crippen LogP contribution in [0, 0.1) is 0 Å². The number of rotatable bonds is 6. The molecule has 1 aliphatic heterocycles. The molecular weight excluding hydrogens is 200 g/mol. The van der Waals surface area contributed by atoms with Crippen molar-refractivity contribution in [2.45, 2.75) is 64.1 Å². The van der Waals surface area contributed by atoms with Crippen LogP contribution in [0.4, 0.5) is 0 Å². The van der Waals surface area contributed by atoms with E-state index in [0.29, 0.717) is 18.1 Å². The standard InChI is InChI=1S/C13H28N2O/c1-11-6-4-7-12(2)15(11)13(10-16-3)8-5-9-14/h11-13H,4-10,14H2,1-3H3. The lowest BCUT2D eigenvalue weighted by molar-refractivity contribution is 0.00936. The van der Waals surface area contributed by atoms with Gasteiger partial charge in [0.05, 0.1) is 6.61 Å². The summed E-state index contributed by atoms with van der Waals surface area (Å²) in [7, 11) is 1.80. The van der Waals surface area contributed by atoms with Crippen LogP contribution in [0.5, 0.6) is 0 Å². The van der Waals surface area contributed by atoms with Crippen molar-refractivity contribution in [2.24, 2.45) is 5.73 Å². The van der Waals surface area contributed by atoms with E-state index in [-0.39, 0.29) is 0 Å². The van der Waals surface area contributed by atoms with Crippen LogP contribution in [0.25, 0.3) is 0 Å². The maximum Gasteiger partial charge on any atom is 0.0618 e. The van der Waals surface area contributed by atoms with Gasteiger partial charge in [-0.05, 0) is 46.1 Å². The van der Waals surface area contributed by atoms with Gasteiger partial charge in [-0.2, -0.15) is 0 Å². The fourth-order valence-electron chi connectivity index (χ4n) is 3.03. The van der Waals surface area contributed by atoms with Crippen molar-refractivity contribution >= 4 is 0 Å². The zero-order valence-corrected chi connectivity index (χ0v) is 11.1. The van der Waals surface area contributed by atoms with Gasteiger partial charge in [-0.3, -0.25) is 4.90 Å². The first kappa shape index (κ1) is 13.9. The van der Waals surface area contributed by atoms with Crippen molar-refractivity contribution in [3.63, 3.8) is 0 Å². The summed E-state index contributed by atoms with van der Waals surface area (Å²) in [5.41, 5.74) is 5.61. The Bertz CT molecular complexity index is 177. The van der Waals surface area contributed by atoms with E-state index in [1.165, 1.54) is 25.7 Å². The molecule has 0 aromatic rings. The largest absolute Gasteiger partial charge is 0.383 e. The molecule has 1 saturated heterocycles. The molecule has 3 unspecified atom stereocenters. The highest BCUT2D eigenvalue weighted by molar-refractivity contribution is 4.85. The monoisotopic (exact) mass is 228 g/mol. The predicted octanol–water partition coefficient (Wildman–Crippen LogP) is 2.00. The number of likely N-dealkylation sites (tertiary alicyclic amines) is 1. The smallest absolute Gasteiger partial charge is 0.0618 e. The molecule has 1 rings (SSSR count). The number of nitrogens with two attached hydrogens (primary N) is 1. The van der Waals surface area contributed by atoms with E-state index in [1.807, 2.05) is 0 Å². The van der Waals surface area contributed by atoms with Gasteiger partial charge in [-0.25, -0.2) is 0 Å². The van der Waals surface area contributed by atoms with E-state index in [0.717, 1.165) is 19.6 Å². The minimum atomic E-state index is 0.554. The van der Waals surface area contributed by atoms with Gasteiger partial charge in [0.15, 0.2) is 0 Å². The van der Waals surface area contributed by atoms with Gasteiger partial charge < -0.3 is 10.5 Å². The van der Waals surface area contributed by atoms with Gasteiger partial charge in [0, 0.05) is 25.2 Å². The maximum atomic E-state index is 5.61. The van der Waals surface area contributed by atoms with Crippen LogP contribution in [0.15, 0.2) is 0 Å². The fraction of sp³-hybridized carbons (Fsp3) is 1.00. The first-order valence-electron chi connectivity index (χ1n) is 6.67. The highest BCUT2D eigenvalue weighted by Gasteiger charge is 2.30. The minimum absolute atomic E-state index is 0.554. The van der Waals surface area contributed by atoms with Gasteiger partial charge in [0.1, 0.15) is 0 Å². The Morgan fingerprint density at radius 2 is 1.94 bits per heavy atom.